The predicted octanol–water partition coefficient (Wildman–Crippen LogP) is 2.77. The quantitative estimate of drug-likeness (QED) is 0.760. The third kappa shape index (κ3) is 4.30. The molecule has 0 fully saturated rings. The Morgan fingerprint density at radius 1 is 1.35 bits per heavy atom. The van der Waals surface area contributed by atoms with Gasteiger partial charge in [-0.05, 0) is 12.5 Å². The first-order chi connectivity index (χ1) is 9.81. The predicted molar refractivity (Wildman–Crippen MR) is 81.2 cm³/mol. The van der Waals surface area contributed by atoms with Gasteiger partial charge in [0.1, 0.15) is 12.4 Å². The summed E-state index contributed by atoms with van der Waals surface area (Å²) in [5.74, 6) is 0.964. The van der Waals surface area contributed by atoms with E-state index in [-0.39, 0.29) is 0 Å². The van der Waals surface area contributed by atoms with Crippen molar-refractivity contribution in [3.63, 3.8) is 0 Å². The second-order valence-corrected chi connectivity index (χ2v) is 5.46. The summed E-state index contributed by atoms with van der Waals surface area (Å²) in [5.41, 5.74) is 4.15. The molecule has 1 aromatic carbocycles. The van der Waals surface area contributed by atoms with Crippen LogP contribution in [0, 0.1) is 6.92 Å². The number of aryl methyl sites for hydroxylation is 1. The molecule has 0 radical (unpaired) electrons. The topological polar surface area (TPSA) is 43.4 Å². The number of methoxy groups -OCH3 is 1. The van der Waals surface area contributed by atoms with Gasteiger partial charge in [-0.15, -0.1) is 11.3 Å². The van der Waals surface area contributed by atoms with E-state index in [2.05, 4.69) is 35.4 Å². The maximum atomic E-state index is 5.97. The van der Waals surface area contributed by atoms with Gasteiger partial charge in [-0.1, -0.05) is 18.2 Å². The van der Waals surface area contributed by atoms with Crippen molar-refractivity contribution in [3.8, 4) is 5.75 Å². The maximum absolute atomic E-state index is 5.97. The molecular weight excluding hydrogens is 272 g/mol. The fourth-order valence-corrected chi connectivity index (χ4v) is 2.42. The molecule has 20 heavy (non-hydrogen) atoms. The van der Waals surface area contributed by atoms with Crippen LogP contribution in [-0.2, 0) is 17.9 Å². The molecule has 0 aliphatic carbocycles. The van der Waals surface area contributed by atoms with Crippen LogP contribution < -0.4 is 10.1 Å². The van der Waals surface area contributed by atoms with Crippen molar-refractivity contribution < 1.29 is 9.47 Å². The third-order valence-corrected chi connectivity index (χ3v) is 3.69. The summed E-state index contributed by atoms with van der Waals surface area (Å²) in [6.45, 7) is 4.96. The number of ether oxygens (including phenoxy) is 2. The van der Waals surface area contributed by atoms with Crippen molar-refractivity contribution in [1.82, 2.24) is 10.3 Å². The molecule has 5 heteroatoms. The number of nitrogens with one attached hydrogen (secondary N) is 1. The van der Waals surface area contributed by atoms with Gasteiger partial charge in [-0.2, -0.15) is 0 Å². The number of benzene rings is 1. The van der Waals surface area contributed by atoms with E-state index >= 15 is 0 Å². The Kier molecular flexibility index (Phi) is 5.98. The van der Waals surface area contributed by atoms with Crippen molar-refractivity contribution in [2.45, 2.75) is 20.1 Å². The molecule has 0 aliphatic heterocycles. The minimum Gasteiger partial charge on any atom is -0.487 e. The van der Waals surface area contributed by atoms with E-state index in [1.54, 1.807) is 18.4 Å². The lowest BCUT2D eigenvalue weighted by Gasteiger charge is -2.14. The van der Waals surface area contributed by atoms with Crippen molar-refractivity contribution in [2.75, 3.05) is 20.3 Å². The number of thiazole rings is 1. The second kappa shape index (κ2) is 7.99. The molecule has 108 valence electrons. The summed E-state index contributed by atoms with van der Waals surface area (Å²) in [7, 11) is 1.71. The summed E-state index contributed by atoms with van der Waals surface area (Å²) in [4.78, 5) is 5.19. The SMILES string of the molecule is COCCNCc1cccc(C)c1OCc1cncs1. The fourth-order valence-electron chi connectivity index (χ4n) is 1.91. The first-order valence-electron chi connectivity index (χ1n) is 6.59. The minimum atomic E-state index is 0.570. The Bertz CT molecular complexity index is 515. The van der Waals surface area contributed by atoms with Gasteiger partial charge >= 0.3 is 0 Å². The summed E-state index contributed by atoms with van der Waals surface area (Å²) in [5, 5.41) is 3.35. The molecule has 0 aliphatic rings. The Hall–Kier alpha value is -1.43. The van der Waals surface area contributed by atoms with Crippen LogP contribution in [0.4, 0.5) is 0 Å². The number of aromatic nitrogens is 1. The number of hydrogen-bond acceptors (Lipinski definition) is 5. The van der Waals surface area contributed by atoms with E-state index in [1.807, 2.05) is 11.7 Å². The van der Waals surface area contributed by atoms with Gasteiger partial charge in [0.2, 0.25) is 0 Å². The summed E-state index contributed by atoms with van der Waals surface area (Å²) in [6.07, 6.45) is 1.85. The highest BCUT2D eigenvalue weighted by Crippen LogP contribution is 2.24. The van der Waals surface area contributed by atoms with Gasteiger partial charge < -0.3 is 14.8 Å². The monoisotopic (exact) mass is 292 g/mol. The third-order valence-electron chi connectivity index (χ3n) is 2.93. The van der Waals surface area contributed by atoms with Gasteiger partial charge in [0.25, 0.3) is 0 Å². The smallest absolute Gasteiger partial charge is 0.127 e. The Balaban J connectivity index is 1.98. The van der Waals surface area contributed by atoms with Crippen LogP contribution in [0.25, 0.3) is 0 Å². The van der Waals surface area contributed by atoms with Crippen LogP contribution in [-0.4, -0.2) is 25.2 Å². The summed E-state index contributed by atoms with van der Waals surface area (Å²) in [6, 6.07) is 6.22. The molecule has 0 spiro atoms. The van der Waals surface area contributed by atoms with E-state index in [4.69, 9.17) is 9.47 Å². The Morgan fingerprint density at radius 2 is 2.25 bits per heavy atom. The van der Waals surface area contributed by atoms with Crippen LogP contribution in [0.3, 0.4) is 0 Å². The highest BCUT2D eigenvalue weighted by molar-refractivity contribution is 7.09. The zero-order chi connectivity index (χ0) is 14.2. The zero-order valence-electron chi connectivity index (χ0n) is 11.9. The van der Waals surface area contributed by atoms with E-state index in [9.17, 15) is 0 Å². The number of rotatable bonds is 8. The molecule has 0 saturated heterocycles. The molecule has 2 rings (SSSR count). The normalized spacial score (nSPS) is 10.7. The number of hydrogen-bond donors (Lipinski definition) is 1. The standard InChI is InChI=1S/C15H20N2O2S/c1-12-4-3-5-13(8-16-6-7-18-2)15(12)19-10-14-9-17-11-20-14/h3-5,9,11,16H,6-8,10H2,1-2H3. The van der Waals surface area contributed by atoms with Crippen LogP contribution in [0.15, 0.2) is 29.9 Å². The van der Waals surface area contributed by atoms with Crippen LogP contribution in [0.5, 0.6) is 5.75 Å². The molecule has 0 unspecified atom stereocenters. The molecular formula is C15H20N2O2S. The lowest BCUT2D eigenvalue weighted by atomic mass is 10.1. The van der Waals surface area contributed by atoms with Crippen molar-refractivity contribution >= 4 is 11.3 Å². The summed E-state index contributed by atoms with van der Waals surface area (Å²) < 4.78 is 11.0. The van der Waals surface area contributed by atoms with Gasteiger partial charge in [-0.3, -0.25) is 4.98 Å². The fraction of sp³-hybridized carbons (Fsp3) is 0.400. The maximum Gasteiger partial charge on any atom is 0.127 e. The lowest BCUT2D eigenvalue weighted by molar-refractivity contribution is 0.199. The highest BCUT2D eigenvalue weighted by Gasteiger charge is 2.07. The summed E-state index contributed by atoms with van der Waals surface area (Å²) >= 11 is 1.61. The van der Waals surface area contributed by atoms with Crippen LogP contribution in [0.2, 0.25) is 0 Å². The van der Waals surface area contributed by atoms with E-state index in [1.165, 1.54) is 5.56 Å². The number of para-hydroxylation sites is 1. The van der Waals surface area contributed by atoms with Gasteiger partial charge in [0, 0.05) is 32.0 Å². The van der Waals surface area contributed by atoms with Crippen molar-refractivity contribution in [2.24, 2.45) is 0 Å². The second-order valence-electron chi connectivity index (χ2n) is 4.49. The molecule has 1 heterocycles. The van der Waals surface area contributed by atoms with Crippen LogP contribution in [0.1, 0.15) is 16.0 Å². The molecule has 0 atom stereocenters. The molecule has 2 aromatic rings. The lowest BCUT2D eigenvalue weighted by Crippen LogP contribution is -2.19. The first kappa shape index (κ1) is 15.0. The number of nitrogens with zero attached hydrogens (tertiary/aromatic N) is 1. The molecule has 1 N–H and O–H groups in total. The van der Waals surface area contributed by atoms with E-state index < -0.39 is 0 Å². The highest BCUT2D eigenvalue weighted by atomic mass is 32.1. The molecule has 1 aromatic heterocycles. The minimum absolute atomic E-state index is 0.570. The Morgan fingerprint density at radius 3 is 3.00 bits per heavy atom. The molecule has 0 bridgehead atoms. The van der Waals surface area contributed by atoms with Gasteiger partial charge in [-0.25, -0.2) is 0 Å². The molecule has 4 nitrogen and oxygen atoms in total. The first-order valence-corrected chi connectivity index (χ1v) is 7.47. The van der Waals surface area contributed by atoms with E-state index in [0.717, 1.165) is 29.3 Å². The van der Waals surface area contributed by atoms with E-state index in [0.29, 0.717) is 13.2 Å². The molecule has 0 amide bonds. The Labute approximate surface area is 123 Å². The van der Waals surface area contributed by atoms with Crippen LogP contribution >= 0.6 is 11.3 Å². The van der Waals surface area contributed by atoms with Crippen molar-refractivity contribution in [3.05, 3.63) is 45.9 Å². The largest absolute Gasteiger partial charge is 0.487 e. The molecule has 0 saturated carbocycles. The average Bonchev–Trinajstić information content (AvgIpc) is 2.96. The zero-order valence-corrected chi connectivity index (χ0v) is 12.7. The van der Waals surface area contributed by atoms with Gasteiger partial charge in [0.05, 0.1) is 17.0 Å². The van der Waals surface area contributed by atoms with Crippen molar-refractivity contribution in [1.29, 1.82) is 0 Å². The van der Waals surface area contributed by atoms with Gasteiger partial charge in [0.15, 0.2) is 0 Å². The average molecular weight is 292 g/mol.